The van der Waals surface area contributed by atoms with Crippen LogP contribution in [0.1, 0.15) is 19.4 Å². The summed E-state index contributed by atoms with van der Waals surface area (Å²) in [6.45, 7) is 4.71. The van der Waals surface area contributed by atoms with Gasteiger partial charge in [0.1, 0.15) is 6.61 Å². The van der Waals surface area contributed by atoms with Gasteiger partial charge in [-0.2, -0.15) is 0 Å². The second-order valence-electron chi connectivity index (χ2n) is 4.58. The van der Waals surface area contributed by atoms with E-state index < -0.39 is 0 Å². The molecule has 0 radical (unpaired) electrons. The predicted molar refractivity (Wildman–Crippen MR) is 73.4 cm³/mol. The maximum atomic E-state index is 5.55. The number of aliphatic imine (C=N–C) groups is 1. The van der Waals surface area contributed by atoms with E-state index in [4.69, 9.17) is 22.7 Å². The van der Waals surface area contributed by atoms with Crippen LogP contribution in [0, 0.1) is 0 Å². The lowest BCUT2D eigenvalue weighted by atomic mass is 10.1. The number of nitrogens with zero attached hydrogens (tertiary/aromatic N) is 1. The van der Waals surface area contributed by atoms with Crippen molar-refractivity contribution in [2.45, 2.75) is 19.4 Å². The fourth-order valence-electron chi connectivity index (χ4n) is 1.57. The Morgan fingerprint density at radius 3 is 2.53 bits per heavy atom. The van der Waals surface area contributed by atoms with Gasteiger partial charge in [-0.05, 0) is 50.3 Å². The lowest BCUT2D eigenvalue weighted by Gasteiger charge is -2.07. The van der Waals surface area contributed by atoms with Crippen LogP contribution in [0.5, 0.6) is 0 Å². The molecule has 0 amide bonds. The summed E-state index contributed by atoms with van der Waals surface area (Å²) in [7, 11) is 0. The van der Waals surface area contributed by atoms with E-state index in [0.717, 1.165) is 11.3 Å². The molecule has 0 unspecified atom stereocenters. The van der Waals surface area contributed by atoms with Gasteiger partial charge in [-0.25, -0.2) is 4.99 Å². The monoisotopic (exact) mass is 249 g/mol. The molecule has 0 atom stereocenters. The fraction of sp³-hybridized carbons (Fsp3) is 0.333. The average Bonchev–Trinajstić information content (AvgIpc) is 2.59. The molecule has 0 saturated carbocycles. The summed E-state index contributed by atoms with van der Waals surface area (Å²) in [6.07, 6.45) is 0. The largest absolute Gasteiger partial charge is 0.475 e. The number of rotatable bonds is 2. The van der Waals surface area contributed by atoms with Gasteiger partial charge in [0, 0.05) is 11.3 Å². The van der Waals surface area contributed by atoms with Crippen LogP contribution in [0.15, 0.2) is 29.3 Å². The highest BCUT2D eigenvalue weighted by molar-refractivity contribution is 7.80. The van der Waals surface area contributed by atoms with E-state index in [1.54, 1.807) is 0 Å². The van der Waals surface area contributed by atoms with E-state index in [1.807, 2.05) is 38.1 Å². The normalized spacial score (nSPS) is 17.2. The molecule has 0 fully saturated rings. The van der Waals surface area contributed by atoms with Gasteiger partial charge < -0.3 is 15.8 Å². The quantitative estimate of drug-likeness (QED) is 0.786. The molecule has 2 rings (SSSR count). The van der Waals surface area contributed by atoms with Crippen LogP contribution in [-0.2, 0) is 4.74 Å². The van der Waals surface area contributed by atoms with Crippen molar-refractivity contribution in [3.8, 4) is 0 Å². The molecule has 90 valence electrons. The summed E-state index contributed by atoms with van der Waals surface area (Å²) in [5, 5.41) is 3.13. The van der Waals surface area contributed by atoms with Crippen LogP contribution in [0.25, 0.3) is 0 Å². The first-order valence-corrected chi connectivity index (χ1v) is 5.77. The number of anilines is 1. The molecule has 4 nitrogen and oxygen atoms in total. The van der Waals surface area contributed by atoms with E-state index >= 15 is 0 Å². The molecule has 1 aliphatic rings. The minimum Gasteiger partial charge on any atom is -0.475 e. The SMILES string of the molecule is CC1(C)COC(c2ccc(NC(N)=S)cc2)=N1. The average molecular weight is 249 g/mol. The zero-order chi connectivity index (χ0) is 12.5. The molecule has 0 aliphatic carbocycles. The van der Waals surface area contributed by atoms with Gasteiger partial charge in [-0.1, -0.05) is 0 Å². The molecule has 0 bridgehead atoms. The minimum absolute atomic E-state index is 0.134. The second kappa shape index (κ2) is 4.33. The van der Waals surface area contributed by atoms with Gasteiger partial charge in [0.05, 0.1) is 5.54 Å². The molecule has 0 spiro atoms. The first-order chi connectivity index (χ1) is 7.96. The van der Waals surface area contributed by atoms with Gasteiger partial charge in [0.2, 0.25) is 5.90 Å². The molecule has 1 heterocycles. The predicted octanol–water partition coefficient (Wildman–Crippen LogP) is 1.90. The number of nitrogens with two attached hydrogens (primary N) is 1. The standard InChI is InChI=1S/C12H15N3OS/c1-12(2)7-16-10(15-12)8-3-5-9(6-4-8)14-11(13)17/h3-6H,7H2,1-2H3,(H3,13,14,17). The highest BCUT2D eigenvalue weighted by Crippen LogP contribution is 2.21. The van der Waals surface area contributed by atoms with Crippen molar-refractivity contribution in [3.63, 3.8) is 0 Å². The van der Waals surface area contributed by atoms with Crippen molar-refractivity contribution in [3.05, 3.63) is 29.8 Å². The number of thiocarbonyl (C=S) groups is 1. The van der Waals surface area contributed by atoms with Gasteiger partial charge in [-0.3, -0.25) is 0 Å². The number of ether oxygens (including phenoxy) is 1. The molecule has 1 aliphatic heterocycles. The summed E-state index contributed by atoms with van der Waals surface area (Å²) in [4.78, 5) is 4.50. The third-order valence-electron chi connectivity index (χ3n) is 2.37. The molecular formula is C12H15N3OS. The third kappa shape index (κ3) is 2.94. The Hall–Kier alpha value is -1.62. The Morgan fingerprint density at radius 2 is 2.06 bits per heavy atom. The van der Waals surface area contributed by atoms with E-state index in [1.165, 1.54) is 0 Å². The number of benzene rings is 1. The summed E-state index contributed by atoms with van der Waals surface area (Å²) in [5.74, 6) is 0.692. The Bertz CT molecular complexity index is 465. The van der Waals surface area contributed by atoms with Gasteiger partial charge >= 0.3 is 0 Å². The lowest BCUT2D eigenvalue weighted by Crippen LogP contribution is -2.18. The lowest BCUT2D eigenvalue weighted by molar-refractivity contribution is 0.279. The van der Waals surface area contributed by atoms with Crippen molar-refractivity contribution >= 4 is 28.9 Å². The number of hydrogen-bond donors (Lipinski definition) is 2. The Morgan fingerprint density at radius 1 is 1.41 bits per heavy atom. The first-order valence-electron chi connectivity index (χ1n) is 5.36. The molecular weight excluding hydrogens is 234 g/mol. The van der Waals surface area contributed by atoms with Gasteiger partial charge in [0.25, 0.3) is 0 Å². The molecule has 1 aromatic rings. The summed E-state index contributed by atoms with van der Waals surface area (Å²) in [5.41, 5.74) is 7.08. The van der Waals surface area contributed by atoms with Crippen LogP contribution < -0.4 is 11.1 Å². The van der Waals surface area contributed by atoms with Crippen molar-refractivity contribution in [2.24, 2.45) is 10.7 Å². The first kappa shape index (κ1) is 11.9. The molecule has 3 N–H and O–H groups in total. The van der Waals surface area contributed by atoms with Crippen LogP contribution >= 0.6 is 12.2 Å². The van der Waals surface area contributed by atoms with Gasteiger partial charge in [0.15, 0.2) is 5.11 Å². The maximum absolute atomic E-state index is 5.55. The van der Waals surface area contributed by atoms with E-state index in [-0.39, 0.29) is 10.7 Å². The van der Waals surface area contributed by atoms with Crippen LogP contribution in [0.4, 0.5) is 5.69 Å². The second-order valence-corrected chi connectivity index (χ2v) is 5.02. The Kier molecular flexibility index (Phi) is 3.02. The topological polar surface area (TPSA) is 59.6 Å². The summed E-state index contributed by atoms with van der Waals surface area (Å²) in [6, 6.07) is 7.65. The van der Waals surface area contributed by atoms with Crippen molar-refractivity contribution in [1.29, 1.82) is 0 Å². The molecule has 17 heavy (non-hydrogen) atoms. The third-order valence-corrected chi connectivity index (χ3v) is 2.47. The minimum atomic E-state index is -0.134. The smallest absolute Gasteiger partial charge is 0.216 e. The molecule has 5 heteroatoms. The van der Waals surface area contributed by atoms with Crippen LogP contribution in [0.2, 0.25) is 0 Å². The van der Waals surface area contributed by atoms with E-state index in [0.29, 0.717) is 12.5 Å². The van der Waals surface area contributed by atoms with Crippen molar-refractivity contribution in [1.82, 2.24) is 0 Å². The zero-order valence-corrected chi connectivity index (χ0v) is 10.7. The zero-order valence-electron chi connectivity index (χ0n) is 9.86. The molecule has 1 aromatic carbocycles. The maximum Gasteiger partial charge on any atom is 0.216 e. The highest BCUT2D eigenvalue weighted by Gasteiger charge is 2.26. The Labute approximate surface area is 106 Å². The number of nitrogens with one attached hydrogen (secondary N) is 1. The van der Waals surface area contributed by atoms with E-state index in [9.17, 15) is 0 Å². The molecule has 0 saturated heterocycles. The number of hydrogen-bond acceptors (Lipinski definition) is 3. The van der Waals surface area contributed by atoms with E-state index in [2.05, 4.69) is 10.3 Å². The fourth-order valence-corrected chi connectivity index (χ4v) is 1.69. The van der Waals surface area contributed by atoms with Crippen LogP contribution in [-0.4, -0.2) is 23.2 Å². The summed E-state index contributed by atoms with van der Waals surface area (Å²) >= 11 is 4.77. The highest BCUT2D eigenvalue weighted by atomic mass is 32.1. The van der Waals surface area contributed by atoms with Crippen molar-refractivity contribution in [2.75, 3.05) is 11.9 Å². The summed E-state index contributed by atoms with van der Waals surface area (Å²) < 4.78 is 5.55. The van der Waals surface area contributed by atoms with Crippen LogP contribution in [0.3, 0.4) is 0 Å². The Balaban J connectivity index is 2.16. The van der Waals surface area contributed by atoms with Crippen molar-refractivity contribution < 1.29 is 4.74 Å². The molecule has 0 aromatic heterocycles. The van der Waals surface area contributed by atoms with Gasteiger partial charge in [-0.15, -0.1) is 0 Å².